The SMILES string of the molecule is O=C(O)CCNC(=S)NCCCNc1nc(NCc2ccccc2)ncc1I. The lowest BCUT2D eigenvalue weighted by molar-refractivity contribution is -0.136. The van der Waals surface area contributed by atoms with E-state index in [9.17, 15) is 4.79 Å². The molecule has 0 bridgehead atoms. The normalized spacial score (nSPS) is 10.2. The van der Waals surface area contributed by atoms with Gasteiger partial charge in [-0.2, -0.15) is 4.98 Å². The third kappa shape index (κ3) is 8.65. The highest BCUT2D eigenvalue weighted by molar-refractivity contribution is 14.1. The van der Waals surface area contributed by atoms with Gasteiger partial charge in [-0.15, -0.1) is 0 Å². The number of anilines is 2. The first kappa shape index (κ1) is 22.1. The molecule has 1 heterocycles. The third-order valence-corrected chi connectivity index (χ3v) is 4.67. The number of aliphatic carboxylic acids is 1. The van der Waals surface area contributed by atoms with Gasteiger partial charge in [0.15, 0.2) is 5.11 Å². The first-order valence-corrected chi connectivity index (χ1v) is 10.3. The number of rotatable bonds is 11. The lowest BCUT2D eigenvalue weighted by atomic mass is 10.2. The second kappa shape index (κ2) is 12.3. The van der Waals surface area contributed by atoms with Crippen LogP contribution >= 0.6 is 34.8 Å². The quantitative estimate of drug-likeness (QED) is 0.175. The van der Waals surface area contributed by atoms with E-state index in [0.717, 1.165) is 27.9 Å². The molecule has 150 valence electrons. The van der Waals surface area contributed by atoms with Gasteiger partial charge in [0, 0.05) is 32.4 Å². The largest absolute Gasteiger partial charge is 0.481 e. The fourth-order valence-electron chi connectivity index (χ4n) is 2.20. The van der Waals surface area contributed by atoms with Gasteiger partial charge in [0.25, 0.3) is 0 Å². The predicted octanol–water partition coefficient (Wildman–Crippen LogP) is 2.43. The van der Waals surface area contributed by atoms with Crippen LogP contribution in [0, 0.1) is 3.57 Å². The van der Waals surface area contributed by atoms with Gasteiger partial charge in [-0.1, -0.05) is 30.3 Å². The molecule has 8 nitrogen and oxygen atoms in total. The zero-order chi connectivity index (χ0) is 20.2. The summed E-state index contributed by atoms with van der Waals surface area (Å²) in [4.78, 5) is 19.3. The van der Waals surface area contributed by atoms with Crippen LogP contribution in [0.5, 0.6) is 0 Å². The number of nitrogens with one attached hydrogen (secondary N) is 4. The number of hydrogen-bond acceptors (Lipinski definition) is 6. The van der Waals surface area contributed by atoms with Crippen molar-refractivity contribution in [2.24, 2.45) is 0 Å². The van der Waals surface area contributed by atoms with Crippen LogP contribution in [0.4, 0.5) is 11.8 Å². The minimum Gasteiger partial charge on any atom is -0.481 e. The van der Waals surface area contributed by atoms with E-state index in [-0.39, 0.29) is 6.42 Å². The molecule has 10 heteroatoms. The molecule has 2 aromatic rings. The number of thiocarbonyl (C=S) groups is 1. The molecule has 0 fully saturated rings. The van der Waals surface area contributed by atoms with Crippen LogP contribution in [-0.4, -0.2) is 45.8 Å². The molecule has 0 unspecified atom stereocenters. The van der Waals surface area contributed by atoms with E-state index in [0.29, 0.717) is 30.7 Å². The van der Waals surface area contributed by atoms with Crippen LogP contribution < -0.4 is 21.3 Å². The molecule has 0 atom stereocenters. The number of carbonyl (C=O) groups is 1. The number of benzene rings is 1. The maximum Gasteiger partial charge on any atom is 0.305 e. The van der Waals surface area contributed by atoms with Gasteiger partial charge in [0.2, 0.25) is 5.95 Å². The van der Waals surface area contributed by atoms with E-state index in [1.807, 2.05) is 30.3 Å². The summed E-state index contributed by atoms with van der Waals surface area (Å²) >= 11 is 7.29. The molecule has 28 heavy (non-hydrogen) atoms. The van der Waals surface area contributed by atoms with Gasteiger partial charge in [0.05, 0.1) is 9.99 Å². The second-order valence-electron chi connectivity index (χ2n) is 5.84. The first-order valence-electron chi connectivity index (χ1n) is 8.82. The van der Waals surface area contributed by atoms with Crippen molar-refractivity contribution in [2.45, 2.75) is 19.4 Å². The Labute approximate surface area is 183 Å². The summed E-state index contributed by atoms with van der Waals surface area (Å²) in [6.45, 7) is 2.37. The lowest BCUT2D eigenvalue weighted by Gasteiger charge is -2.12. The first-order chi connectivity index (χ1) is 13.5. The van der Waals surface area contributed by atoms with Crippen LogP contribution in [0.3, 0.4) is 0 Å². The monoisotopic (exact) mass is 514 g/mol. The van der Waals surface area contributed by atoms with Crippen molar-refractivity contribution < 1.29 is 9.90 Å². The minimum absolute atomic E-state index is 0.0379. The second-order valence-corrected chi connectivity index (χ2v) is 7.41. The Balaban J connectivity index is 1.69. The van der Waals surface area contributed by atoms with Crippen molar-refractivity contribution in [1.82, 2.24) is 20.6 Å². The average Bonchev–Trinajstić information content (AvgIpc) is 2.68. The summed E-state index contributed by atoms with van der Waals surface area (Å²) in [6, 6.07) is 10.1. The number of carboxylic acids is 1. The molecule has 0 saturated heterocycles. The molecule has 0 aliphatic carbocycles. The van der Waals surface area contributed by atoms with Crippen molar-refractivity contribution >= 4 is 57.7 Å². The molecule has 0 aliphatic rings. The average molecular weight is 514 g/mol. The molecular formula is C18H23IN6O2S. The Bertz CT molecular complexity index is 778. The Morgan fingerprint density at radius 2 is 1.86 bits per heavy atom. The van der Waals surface area contributed by atoms with E-state index in [2.05, 4.69) is 53.8 Å². The van der Waals surface area contributed by atoms with Crippen molar-refractivity contribution in [1.29, 1.82) is 0 Å². The minimum atomic E-state index is -0.850. The molecule has 2 rings (SSSR count). The standard InChI is InChI=1S/C18H23IN6O2S/c19-14-12-24-17(23-11-13-5-2-1-3-6-13)25-16(14)20-8-4-9-21-18(28)22-10-7-15(26)27/h1-3,5-6,12H,4,7-11H2,(H,26,27)(H2,21,22,28)(H2,20,23,24,25). The van der Waals surface area contributed by atoms with E-state index in [4.69, 9.17) is 17.3 Å². The summed E-state index contributed by atoms with van der Waals surface area (Å²) in [6.07, 6.45) is 2.65. The Morgan fingerprint density at radius 3 is 2.61 bits per heavy atom. The van der Waals surface area contributed by atoms with Crippen LogP contribution in [0.15, 0.2) is 36.5 Å². The molecule has 1 aromatic heterocycles. The number of halogens is 1. The highest BCUT2D eigenvalue weighted by Gasteiger charge is 2.05. The summed E-state index contributed by atoms with van der Waals surface area (Å²) in [7, 11) is 0. The van der Waals surface area contributed by atoms with Crippen molar-refractivity contribution in [3.05, 3.63) is 45.7 Å². The Kier molecular flexibility index (Phi) is 9.69. The van der Waals surface area contributed by atoms with Gasteiger partial charge in [-0.25, -0.2) is 4.98 Å². The van der Waals surface area contributed by atoms with Crippen LogP contribution in [-0.2, 0) is 11.3 Å². The van der Waals surface area contributed by atoms with E-state index in [1.54, 1.807) is 6.20 Å². The fourth-order valence-corrected chi connectivity index (χ4v) is 2.85. The molecule has 0 amide bonds. The van der Waals surface area contributed by atoms with Crippen molar-refractivity contribution in [3.63, 3.8) is 0 Å². The zero-order valence-corrected chi connectivity index (χ0v) is 18.2. The summed E-state index contributed by atoms with van der Waals surface area (Å²) in [5.41, 5.74) is 1.16. The van der Waals surface area contributed by atoms with E-state index >= 15 is 0 Å². The van der Waals surface area contributed by atoms with Crippen LogP contribution in [0.1, 0.15) is 18.4 Å². The highest BCUT2D eigenvalue weighted by atomic mass is 127. The highest BCUT2D eigenvalue weighted by Crippen LogP contribution is 2.16. The van der Waals surface area contributed by atoms with Gasteiger partial charge in [0.1, 0.15) is 5.82 Å². The molecule has 0 saturated carbocycles. The molecule has 0 radical (unpaired) electrons. The van der Waals surface area contributed by atoms with E-state index in [1.165, 1.54) is 0 Å². The van der Waals surface area contributed by atoms with Crippen LogP contribution in [0.25, 0.3) is 0 Å². The Hall–Kier alpha value is -2.21. The summed E-state index contributed by atoms with van der Waals surface area (Å²) < 4.78 is 0.946. The molecule has 1 aromatic carbocycles. The number of nitrogens with zero attached hydrogens (tertiary/aromatic N) is 2. The molecule has 0 aliphatic heterocycles. The van der Waals surface area contributed by atoms with Crippen molar-refractivity contribution in [3.8, 4) is 0 Å². The Morgan fingerprint density at radius 1 is 1.11 bits per heavy atom. The third-order valence-electron chi connectivity index (χ3n) is 3.59. The van der Waals surface area contributed by atoms with Gasteiger partial charge in [-0.05, 0) is 46.8 Å². The number of carboxylic acid groups (broad SMARTS) is 1. The van der Waals surface area contributed by atoms with Crippen LogP contribution in [0.2, 0.25) is 0 Å². The van der Waals surface area contributed by atoms with Crippen molar-refractivity contribution in [2.75, 3.05) is 30.3 Å². The van der Waals surface area contributed by atoms with E-state index < -0.39 is 5.97 Å². The zero-order valence-electron chi connectivity index (χ0n) is 15.2. The van der Waals surface area contributed by atoms with Gasteiger partial charge in [-0.3, -0.25) is 4.79 Å². The molecule has 0 spiro atoms. The number of hydrogen-bond donors (Lipinski definition) is 5. The molecular weight excluding hydrogens is 491 g/mol. The summed E-state index contributed by atoms with van der Waals surface area (Å²) in [5.74, 6) is 0.513. The fraction of sp³-hybridized carbons (Fsp3) is 0.333. The number of aromatic nitrogens is 2. The summed E-state index contributed by atoms with van der Waals surface area (Å²) in [5, 5.41) is 21.5. The maximum absolute atomic E-state index is 10.5. The molecule has 5 N–H and O–H groups in total. The van der Waals surface area contributed by atoms with Gasteiger partial charge >= 0.3 is 5.97 Å². The predicted molar refractivity (Wildman–Crippen MR) is 122 cm³/mol. The van der Waals surface area contributed by atoms with Gasteiger partial charge < -0.3 is 26.4 Å². The maximum atomic E-state index is 10.5. The topological polar surface area (TPSA) is 111 Å². The smallest absolute Gasteiger partial charge is 0.305 e. The lowest BCUT2D eigenvalue weighted by Crippen LogP contribution is -2.37.